The van der Waals surface area contributed by atoms with Crippen LogP contribution in [0.15, 0.2) is 0 Å². The maximum absolute atomic E-state index is 9.65. The van der Waals surface area contributed by atoms with Crippen molar-refractivity contribution in [3.8, 4) is 0 Å². The first-order valence-corrected chi connectivity index (χ1v) is 5.47. The van der Waals surface area contributed by atoms with Gasteiger partial charge in [0.15, 0.2) is 0 Å². The molecule has 11 heavy (non-hydrogen) atoms. The molecule has 5 atom stereocenters. The third-order valence-electron chi connectivity index (χ3n) is 3.53. The van der Waals surface area contributed by atoms with E-state index in [0.717, 1.165) is 11.8 Å². The van der Waals surface area contributed by atoms with Gasteiger partial charge in [-0.2, -0.15) is 0 Å². The number of hydrogen-bond donors (Lipinski definition) is 1. The van der Waals surface area contributed by atoms with E-state index in [2.05, 4.69) is 22.9 Å². The second-order valence-electron chi connectivity index (χ2n) is 4.00. The summed E-state index contributed by atoms with van der Waals surface area (Å²) >= 11 is 3.59. The minimum Gasteiger partial charge on any atom is -0.392 e. The molecule has 1 N–H and O–H groups in total. The van der Waals surface area contributed by atoms with Crippen molar-refractivity contribution in [3.05, 3.63) is 0 Å². The lowest BCUT2D eigenvalue weighted by molar-refractivity contribution is 0.103. The number of rotatable bonds is 1. The zero-order chi connectivity index (χ0) is 8.01. The van der Waals surface area contributed by atoms with Crippen LogP contribution in [0.25, 0.3) is 0 Å². The minimum atomic E-state index is -0.0530. The molecule has 2 aliphatic carbocycles. The van der Waals surface area contributed by atoms with Crippen LogP contribution in [0.2, 0.25) is 0 Å². The van der Waals surface area contributed by atoms with Gasteiger partial charge in [0.25, 0.3) is 0 Å². The molecule has 0 aromatic heterocycles. The highest BCUT2D eigenvalue weighted by atomic mass is 79.9. The summed E-state index contributed by atoms with van der Waals surface area (Å²) in [5.41, 5.74) is 0. The lowest BCUT2D eigenvalue weighted by Crippen LogP contribution is -2.32. The molecule has 0 aliphatic heterocycles. The maximum Gasteiger partial charge on any atom is 0.0696 e. The molecular weight excluding hydrogens is 204 g/mol. The molecule has 0 saturated heterocycles. The van der Waals surface area contributed by atoms with Crippen molar-refractivity contribution in [2.75, 3.05) is 0 Å². The summed E-state index contributed by atoms with van der Waals surface area (Å²) < 4.78 is 0. The van der Waals surface area contributed by atoms with Crippen molar-refractivity contribution < 1.29 is 5.11 Å². The summed E-state index contributed by atoms with van der Waals surface area (Å²) in [5, 5.41) is 9.65. The number of fused-ring (bicyclic) bond motifs is 2. The summed E-state index contributed by atoms with van der Waals surface area (Å²) in [6.07, 6.45) is 3.76. The van der Waals surface area contributed by atoms with Crippen LogP contribution < -0.4 is 0 Å². The minimum absolute atomic E-state index is 0.0530. The van der Waals surface area contributed by atoms with Crippen LogP contribution in [0.5, 0.6) is 0 Å². The first-order valence-electron chi connectivity index (χ1n) is 4.56. The summed E-state index contributed by atoms with van der Waals surface area (Å²) in [5.74, 6) is 2.25. The Kier molecular flexibility index (Phi) is 2.00. The Morgan fingerprint density at radius 3 is 2.64 bits per heavy atom. The van der Waals surface area contributed by atoms with E-state index in [0.29, 0.717) is 10.7 Å². The molecule has 2 bridgehead atoms. The van der Waals surface area contributed by atoms with Crippen LogP contribution in [-0.4, -0.2) is 16.0 Å². The van der Waals surface area contributed by atoms with Crippen LogP contribution in [0.3, 0.4) is 0 Å². The molecule has 2 heteroatoms. The van der Waals surface area contributed by atoms with Crippen molar-refractivity contribution in [2.45, 2.75) is 37.1 Å². The van der Waals surface area contributed by atoms with Crippen molar-refractivity contribution in [2.24, 2.45) is 17.8 Å². The van der Waals surface area contributed by atoms with Gasteiger partial charge in [0, 0.05) is 4.83 Å². The molecule has 2 fully saturated rings. The molecule has 0 spiro atoms. The third kappa shape index (κ3) is 1.06. The van der Waals surface area contributed by atoms with Gasteiger partial charge in [0.2, 0.25) is 0 Å². The SMILES string of the molecule is CCC1CC2CC1C(Br)C2O. The molecule has 1 nitrogen and oxygen atoms in total. The molecule has 0 amide bonds. The molecule has 2 rings (SSSR count). The Morgan fingerprint density at radius 1 is 1.45 bits per heavy atom. The van der Waals surface area contributed by atoms with Gasteiger partial charge in [0.05, 0.1) is 6.10 Å². The normalized spacial score (nSPS) is 55.4. The Morgan fingerprint density at radius 2 is 2.18 bits per heavy atom. The molecule has 0 heterocycles. The van der Waals surface area contributed by atoms with Gasteiger partial charge < -0.3 is 5.11 Å². The van der Waals surface area contributed by atoms with E-state index in [9.17, 15) is 5.11 Å². The highest BCUT2D eigenvalue weighted by Gasteiger charge is 2.50. The van der Waals surface area contributed by atoms with Gasteiger partial charge in [-0.1, -0.05) is 29.3 Å². The average Bonchev–Trinajstić information content (AvgIpc) is 2.53. The monoisotopic (exact) mass is 218 g/mol. The Bertz CT molecular complexity index is 154. The second-order valence-corrected chi connectivity index (χ2v) is 5.06. The molecule has 5 unspecified atom stereocenters. The van der Waals surface area contributed by atoms with Gasteiger partial charge in [-0.25, -0.2) is 0 Å². The molecule has 2 aliphatic rings. The molecule has 0 radical (unpaired) electrons. The molecule has 2 saturated carbocycles. The van der Waals surface area contributed by atoms with E-state index < -0.39 is 0 Å². The topological polar surface area (TPSA) is 20.2 Å². The summed E-state index contributed by atoms with van der Waals surface area (Å²) in [6.45, 7) is 2.26. The van der Waals surface area contributed by atoms with Gasteiger partial charge in [-0.3, -0.25) is 0 Å². The van der Waals surface area contributed by atoms with Gasteiger partial charge in [-0.15, -0.1) is 0 Å². The lowest BCUT2D eigenvalue weighted by Gasteiger charge is -2.28. The van der Waals surface area contributed by atoms with Crippen LogP contribution in [-0.2, 0) is 0 Å². The second kappa shape index (κ2) is 2.74. The predicted octanol–water partition coefficient (Wildman–Crippen LogP) is 2.18. The summed E-state index contributed by atoms with van der Waals surface area (Å²) in [7, 11) is 0. The number of alkyl halides is 1. The Labute approximate surface area is 76.3 Å². The van der Waals surface area contributed by atoms with E-state index in [1.54, 1.807) is 0 Å². The van der Waals surface area contributed by atoms with E-state index in [4.69, 9.17) is 0 Å². The zero-order valence-corrected chi connectivity index (χ0v) is 8.42. The highest BCUT2D eigenvalue weighted by molar-refractivity contribution is 9.09. The van der Waals surface area contributed by atoms with Crippen molar-refractivity contribution in [1.82, 2.24) is 0 Å². The average molecular weight is 219 g/mol. The molecule has 0 aromatic rings. The largest absolute Gasteiger partial charge is 0.392 e. The summed E-state index contributed by atoms with van der Waals surface area (Å²) in [6, 6.07) is 0. The first kappa shape index (κ1) is 8.06. The molecular formula is C9H15BrO. The standard InChI is InChI=1S/C9H15BrO/c1-2-5-3-6-4-7(5)8(10)9(6)11/h5-9,11H,2-4H2,1H3. The van der Waals surface area contributed by atoms with Crippen molar-refractivity contribution >= 4 is 15.9 Å². The third-order valence-corrected chi connectivity index (χ3v) is 4.75. The number of aliphatic hydroxyl groups is 1. The molecule has 64 valence electrons. The quantitative estimate of drug-likeness (QED) is 0.670. The van der Waals surface area contributed by atoms with Crippen LogP contribution in [0.1, 0.15) is 26.2 Å². The maximum atomic E-state index is 9.65. The highest BCUT2D eigenvalue weighted by Crippen LogP contribution is 2.52. The van der Waals surface area contributed by atoms with Gasteiger partial charge >= 0.3 is 0 Å². The van der Waals surface area contributed by atoms with Crippen LogP contribution in [0.4, 0.5) is 0 Å². The fraction of sp³-hybridized carbons (Fsp3) is 1.00. The van der Waals surface area contributed by atoms with Gasteiger partial charge in [0.1, 0.15) is 0 Å². The zero-order valence-electron chi connectivity index (χ0n) is 6.83. The van der Waals surface area contributed by atoms with E-state index in [1.807, 2.05) is 0 Å². The van der Waals surface area contributed by atoms with E-state index >= 15 is 0 Å². The lowest BCUT2D eigenvalue weighted by atomic mass is 9.85. The number of aliphatic hydroxyl groups excluding tert-OH is 1. The van der Waals surface area contributed by atoms with Crippen LogP contribution >= 0.6 is 15.9 Å². The summed E-state index contributed by atoms with van der Waals surface area (Å²) in [4.78, 5) is 0.395. The predicted molar refractivity (Wildman–Crippen MR) is 48.7 cm³/mol. The molecule has 0 aromatic carbocycles. The van der Waals surface area contributed by atoms with E-state index in [-0.39, 0.29) is 6.10 Å². The Hall–Kier alpha value is 0.440. The van der Waals surface area contributed by atoms with Crippen LogP contribution in [0, 0.1) is 17.8 Å². The van der Waals surface area contributed by atoms with Crippen molar-refractivity contribution in [1.29, 1.82) is 0 Å². The smallest absolute Gasteiger partial charge is 0.0696 e. The fourth-order valence-electron chi connectivity index (χ4n) is 2.85. The van der Waals surface area contributed by atoms with E-state index in [1.165, 1.54) is 19.3 Å². The van der Waals surface area contributed by atoms with Crippen molar-refractivity contribution in [3.63, 3.8) is 0 Å². The first-order chi connectivity index (χ1) is 5.24. The van der Waals surface area contributed by atoms with Gasteiger partial charge in [-0.05, 0) is 30.6 Å². The number of halogens is 1. The number of hydrogen-bond acceptors (Lipinski definition) is 1. The fourth-order valence-corrected chi connectivity index (χ4v) is 3.93. The Balaban J connectivity index is 2.10.